The first-order chi connectivity index (χ1) is 15.4. The normalized spacial score (nSPS) is 15.3. The van der Waals surface area contributed by atoms with Gasteiger partial charge in [0.25, 0.3) is 0 Å². The molecular weight excluding hydrogens is 441 g/mol. The van der Waals surface area contributed by atoms with E-state index < -0.39 is 5.92 Å². The fraction of sp³-hybridized carbons (Fsp3) is 0.385. The summed E-state index contributed by atoms with van der Waals surface area (Å²) in [5.74, 6) is -0.511. The zero-order chi connectivity index (χ0) is 22.7. The summed E-state index contributed by atoms with van der Waals surface area (Å²) in [7, 11) is 0. The fourth-order valence-corrected chi connectivity index (χ4v) is 4.51. The molecule has 0 radical (unpaired) electrons. The zero-order valence-electron chi connectivity index (χ0n) is 19.0. The van der Waals surface area contributed by atoms with Crippen molar-refractivity contribution in [1.82, 2.24) is 15.2 Å². The summed E-state index contributed by atoms with van der Waals surface area (Å²) in [6.45, 7) is 5.27. The third kappa shape index (κ3) is 5.56. The van der Waals surface area contributed by atoms with Crippen LogP contribution in [0.4, 0.5) is 4.39 Å². The number of H-pyrrole nitrogens is 1. The Bertz CT molecular complexity index is 1090. The maximum atomic E-state index is 13.6. The standard InChI is InChI=1S/C26H30FN3O2.ClH/c1-17(2)25(31)29-16-23(22-15-28-24-6-4-3-5-21(22)24)26(32)30-13-11-19(12-14-30)18-7-9-20(27)10-8-18;/h3-10,15,17,19,23,28H,11-14,16H2,1-2H3,(H,29,31);1H. The highest BCUT2D eigenvalue weighted by molar-refractivity contribution is 5.92. The Hall–Kier alpha value is -2.86. The summed E-state index contributed by atoms with van der Waals surface area (Å²) in [4.78, 5) is 31.0. The number of hydrogen-bond acceptors (Lipinski definition) is 2. The minimum absolute atomic E-state index is 0. The molecule has 1 fully saturated rings. The third-order valence-corrected chi connectivity index (χ3v) is 6.45. The van der Waals surface area contributed by atoms with E-state index in [1.165, 1.54) is 12.1 Å². The molecule has 1 unspecified atom stereocenters. The molecule has 0 bridgehead atoms. The number of fused-ring (bicyclic) bond motifs is 1. The van der Waals surface area contributed by atoms with E-state index in [0.29, 0.717) is 19.0 Å². The Labute approximate surface area is 200 Å². The molecule has 5 nitrogen and oxygen atoms in total. The smallest absolute Gasteiger partial charge is 0.231 e. The minimum Gasteiger partial charge on any atom is -0.361 e. The molecule has 2 aromatic carbocycles. The lowest BCUT2D eigenvalue weighted by molar-refractivity contribution is -0.134. The molecule has 0 saturated carbocycles. The SMILES string of the molecule is CC(C)C(=O)NCC(C(=O)N1CCC(c2ccc(F)cc2)CC1)c1c[nH]c2ccccc12.Cl. The van der Waals surface area contributed by atoms with Crippen LogP contribution < -0.4 is 5.32 Å². The highest BCUT2D eigenvalue weighted by Crippen LogP contribution is 2.32. The molecule has 33 heavy (non-hydrogen) atoms. The van der Waals surface area contributed by atoms with E-state index in [9.17, 15) is 14.0 Å². The molecule has 0 aliphatic carbocycles. The van der Waals surface area contributed by atoms with Gasteiger partial charge in [-0.2, -0.15) is 0 Å². The second-order valence-corrected chi connectivity index (χ2v) is 8.89. The number of likely N-dealkylation sites (tertiary alicyclic amines) is 1. The molecule has 1 saturated heterocycles. The maximum Gasteiger partial charge on any atom is 0.231 e. The van der Waals surface area contributed by atoms with Gasteiger partial charge in [-0.1, -0.05) is 44.2 Å². The number of amides is 2. The van der Waals surface area contributed by atoms with Crippen LogP contribution in [-0.4, -0.2) is 41.3 Å². The Kier molecular flexibility index (Phi) is 8.14. The lowest BCUT2D eigenvalue weighted by Gasteiger charge is -2.34. The lowest BCUT2D eigenvalue weighted by atomic mass is 9.88. The lowest BCUT2D eigenvalue weighted by Crippen LogP contribution is -2.44. The summed E-state index contributed by atoms with van der Waals surface area (Å²) in [5.41, 5.74) is 3.01. The van der Waals surface area contributed by atoms with Crippen LogP contribution in [0, 0.1) is 11.7 Å². The molecular formula is C26H31ClFN3O2. The predicted octanol–water partition coefficient (Wildman–Crippen LogP) is 4.99. The third-order valence-electron chi connectivity index (χ3n) is 6.45. The summed E-state index contributed by atoms with van der Waals surface area (Å²) in [6, 6.07) is 14.6. The van der Waals surface area contributed by atoms with Crippen LogP contribution in [0.25, 0.3) is 10.9 Å². The number of aromatic amines is 1. The second-order valence-electron chi connectivity index (χ2n) is 8.89. The van der Waals surface area contributed by atoms with Gasteiger partial charge in [-0.3, -0.25) is 9.59 Å². The summed E-state index contributed by atoms with van der Waals surface area (Å²) < 4.78 is 13.3. The average molecular weight is 472 g/mol. The molecule has 4 rings (SSSR count). The van der Waals surface area contributed by atoms with Gasteiger partial charge in [0.2, 0.25) is 11.8 Å². The molecule has 1 atom stereocenters. The van der Waals surface area contributed by atoms with Crippen molar-refractivity contribution in [3.63, 3.8) is 0 Å². The predicted molar refractivity (Wildman–Crippen MR) is 131 cm³/mol. The number of nitrogens with zero attached hydrogens (tertiary/aromatic N) is 1. The topological polar surface area (TPSA) is 65.2 Å². The number of para-hydroxylation sites is 1. The van der Waals surface area contributed by atoms with E-state index in [2.05, 4.69) is 10.3 Å². The van der Waals surface area contributed by atoms with Gasteiger partial charge in [-0.25, -0.2) is 4.39 Å². The van der Waals surface area contributed by atoms with Crippen molar-refractivity contribution in [1.29, 1.82) is 0 Å². The molecule has 0 spiro atoms. The number of carbonyl (C=O) groups excluding carboxylic acids is 2. The monoisotopic (exact) mass is 471 g/mol. The van der Waals surface area contributed by atoms with E-state index in [-0.39, 0.29) is 42.5 Å². The van der Waals surface area contributed by atoms with Gasteiger partial charge in [-0.05, 0) is 48.1 Å². The summed E-state index contributed by atoms with van der Waals surface area (Å²) >= 11 is 0. The summed E-state index contributed by atoms with van der Waals surface area (Å²) in [5, 5.41) is 3.96. The average Bonchev–Trinajstić information content (AvgIpc) is 3.23. The molecule has 1 aromatic heterocycles. The number of aromatic nitrogens is 1. The van der Waals surface area contributed by atoms with Crippen LogP contribution in [0.15, 0.2) is 54.7 Å². The zero-order valence-corrected chi connectivity index (χ0v) is 19.8. The van der Waals surface area contributed by atoms with Crippen LogP contribution in [0.5, 0.6) is 0 Å². The Morgan fingerprint density at radius 2 is 1.76 bits per heavy atom. The first-order valence-corrected chi connectivity index (χ1v) is 11.3. The number of piperidine rings is 1. The molecule has 3 aromatic rings. The van der Waals surface area contributed by atoms with Gasteiger partial charge in [0, 0.05) is 42.7 Å². The van der Waals surface area contributed by atoms with Crippen LogP contribution in [0.2, 0.25) is 0 Å². The van der Waals surface area contributed by atoms with Gasteiger partial charge >= 0.3 is 0 Å². The van der Waals surface area contributed by atoms with Crippen molar-refractivity contribution in [2.24, 2.45) is 5.92 Å². The quantitative estimate of drug-likeness (QED) is 0.532. The minimum atomic E-state index is -0.448. The van der Waals surface area contributed by atoms with Crippen molar-refractivity contribution in [2.75, 3.05) is 19.6 Å². The highest BCUT2D eigenvalue weighted by atomic mass is 35.5. The van der Waals surface area contributed by atoms with Crippen molar-refractivity contribution in [3.05, 3.63) is 71.7 Å². The fourth-order valence-electron chi connectivity index (χ4n) is 4.51. The number of carbonyl (C=O) groups is 2. The molecule has 1 aliphatic rings. The molecule has 176 valence electrons. The Balaban J connectivity index is 0.00000306. The van der Waals surface area contributed by atoms with Crippen molar-refractivity contribution in [3.8, 4) is 0 Å². The largest absolute Gasteiger partial charge is 0.361 e. The van der Waals surface area contributed by atoms with Gasteiger partial charge in [0.05, 0.1) is 5.92 Å². The molecule has 2 heterocycles. The second kappa shape index (κ2) is 10.8. The number of benzene rings is 2. The van der Waals surface area contributed by atoms with Crippen molar-refractivity contribution < 1.29 is 14.0 Å². The Morgan fingerprint density at radius 3 is 2.42 bits per heavy atom. The molecule has 2 N–H and O–H groups in total. The van der Waals surface area contributed by atoms with Crippen molar-refractivity contribution in [2.45, 2.75) is 38.5 Å². The van der Waals surface area contributed by atoms with Crippen LogP contribution in [0.1, 0.15) is 49.7 Å². The maximum absolute atomic E-state index is 13.6. The van der Waals surface area contributed by atoms with Crippen LogP contribution in [-0.2, 0) is 9.59 Å². The van der Waals surface area contributed by atoms with E-state index in [1.807, 2.05) is 61.3 Å². The van der Waals surface area contributed by atoms with Gasteiger partial charge in [0.1, 0.15) is 5.82 Å². The van der Waals surface area contributed by atoms with Gasteiger partial charge in [-0.15, -0.1) is 12.4 Å². The van der Waals surface area contributed by atoms with Crippen molar-refractivity contribution >= 4 is 35.1 Å². The number of nitrogens with one attached hydrogen (secondary N) is 2. The van der Waals surface area contributed by atoms with E-state index >= 15 is 0 Å². The van der Waals surface area contributed by atoms with Gasteiger partial charge in [0.15, 0.2) is 0 Å². The first-order valence-electron chi connectivity index (χ1n) is 11.3. The van der Waals surface area contributed by atoms with E-state index in [4.69, 9.17) is 0 Å². The van der Waals surface area contributed by atoms with E-state index in [1.54, 1.807) is 0 Å². The van der Waals surface area contributed by atoms with Crippen LogP contribution in [0.3, 0.4) is 0 Å². The molecule has 1 aliphatic heterocycles. The van der Waals surface area contributed by atoms with Crippen LogP contribution >= 0.6 is 12.4 Å². The Morgan fingerprint density at radius 1 is 1.09 bits per heavy atom. The first kappa shape index (κ1) is 24.8. The number of hydrogen-bond donors (Lipinski definition) is 2. The number of halogens is 2. The summed E-state index contributed by atoms with van der Waals surface area (Å²) in [6.07, 6.45) is 3.58. The van der Waals surface area contributed by atoms with Gasteiger partial charge < -0.3 is 15.2 Å². The number of rotatable bonds is 6. The molecule has 7 heteroatoms. The molecule has 2 amide bonds. The van der Waals surface area contributed by atoms with E-state index in [0.717, 1.165) is 34.9 Å². The highest BCUT2D eigenvalue weighted by Gasteiger charge is 2.31.